The van der Waals surface area contributed by atoms with E-state index in [1.807, 2.05) is 19.1 Å². The Morgan fingerprint density at radius 3 is 1.61 bits per heavy atom. The fourth-order valence-corrected chi connectivity index (χ4v) is 4.89. The van der Waals surface area contributed by atoms with Crippen molar-refractivity contribution in [3.8, 4) is 5.75 Å². The van der Waals surface area contributed by atoms with Gasteiger partial charge in [-0.15, -0.1) is 0 Å². The van der Waals surface area contributed by atoms with Gasteiger partial charge < -0.3 is 23.7 Å². The Hall–Kier alpha value is -2.01. The summed E-state index contributed by atoms with van der Waals surface area (Å²) in [5.41, 5.74) is 2.35. The molecule has 8 nitrogen and oxygen atoms in total. The maximum atomic E-state index is 12.1. The zero-order chi connectivity index (χ0) is 29.4. The fourth-order valence-electron chi connectivity index (χ4n) is 3.99. The predicted octanol–water partition coefficient (Wildman–Crippen LogP) is 6.14. The molecule has 0 aliphatic carbocycles. The van der Waals surface area contributed by atoms with Gasteiger partial charge in [-0.1, -0.05) is 75.3 Å². The summed E-state index contributed by atoms with van der Waals surface area (Å²) in [5, 5.41) is 0. The predicted molar refractivity (Wildman–Crippen MR) is 161 cm³/mol. The van der Waals surface area contributed by atoms with E-state index in [4.69, 9.17) is 27.9 Å². The van der Waals surface area contributed by atoms with Gasteiger partial charge in [-0.25, -0.2) is 0 Å². The summed E-state index contributed by atoms with van der Waals surface area (Å²) in [5.74, 6) is 0.870. The number of aryl methyl sites for hydroxylation is 2. The highest BCUT2D eigenvalue weighted by Gasteiger charge is 2.14. The molecule has 9 heteroatoms. The number of hydrogen-bond donors (Lipinski definition) is 0. The molecule has 0 bridgehead atoms. The lowest BCUT2D eigenvalue weighted by molar-refractivity contribution is -0.00682. The van der Waals surface area contributed by atoms with Crippen LogP contribution in [0.5, 0.6) is 5.75 Å². The average Bonchev–Trinajstić information content (AvgIpc) is 2.97. The van der Waals surface area contributed by atoms with E-state index in [2.05, 4.69) is 19.1 Å². The quantitative estimate of drug-likeness (QED) is 0.0948. The Morgan fingerprint density at radius 1 is 0.561 bits per heavy atom. The Kier molecular flexibility index (Phi) is 19.4. The molecule has 0 saturated heterocycles. The topological polar surface area (TPSA) is 89.5 Å². The van der Waals surface area contributed by atoms with Crippen molar-refractivity contribution < 1.29 is 36.3 Å². The Morgan fingerprint density at radius 2 is 1.05 bits per heavy atom. The minimum atomic E-state index is -3.76. The van der Waals surface area contributed by atoms with E-state index in [9.17, 15) is 8.42 Å². The maximum Gasteiger partial charge on any atom is 0.297 e. The molecule has 41 heavy (non-hydrogen) atoms. The van der Waals surface area contributed by atoms with E-state index >= 15 is 0 Å². The van der Waals surface area contributed by atoms with Crippen molar-refractivity contribution in [3.05, 3.63) is 59.7 Å². The third-order valence-corrected chi connectivity index (χ3v) is 7.71. The van der Waals surface area contributed by atoms with Crippen LogP contribution in [0.2, 0.25) is 0 Å². The second-order valence-electron chi connectivity index (χ2n) is 9.90. The second kappa shape index (κ2) is 22.6. The van der Waals surface area contributed by atoms with E-state index < -0.39 is 10.1 Å². The van der Waals surface area contributed by atoms with Crippen molar-refractivity contribution in [1.82, 2.24) is 0 Å². The molecule has 0 aromatic heterocycles. The van der Waals surface area contributed by atoms with Crippen LogP contribution in [-0.2, 0) is 39.7 Å². The lowest BCUT2D eigenvalue weighted by Crippen LogP contribution is -2.15. The molecule has 0 aliphatic heterocycles. The van der Waals surface area contributed by atoms with Crippen LogP contribution in [0.1, 0.15) is 63.0 Å². The third kappa shape index (κ3) is 17.5. The highest BCUT2D eigenvalue weighted by atomic mass is 32.2. The zero-order valence-electron chi connectivity index (χ0n) is 25.0. The molecular formula is C32H50O8S. The molecule has 0 heterocycles. The van der Waals surface area contributed by atoms with Crippen molar-refractivity contribution in [1.29, 1.82) is 0 Å². The van der Waals surface area contributed by atoms with Crippen molar-refractivity contribution >= 4 is 10.1 Å². The van der Waals surface area contributed by atoms with Gasteiger partial charge in [0, 0.05) is 0 Å². The van der Waals surface area contributed by atoms with E-state index in [0.717, 1.165) is 17.7 Å². The third-order valence-electron chi connectivity index (χ3n) is 6.38. The van der Waals surface area contributed by atoms with Crippen LogP contribution < -0.4 is 4.74 Å². The number of hydrogen-bond acceptors (Lipinski definition) is 8. The first kappa shape index (κ1) is 35.2. The van der Waals surface area contributed by atoms with Gasteiger partial charge in [-0.2, -0.15) is 8.42 Å². The molecule has 0 radical (unpaired) electrons. The van der Waals surface area contributed by atoms with Gasteiger partial charge in [0.1, 0.15) is 12.4 Å². The van der Waals surface area contributed by atoms with E-state index in [-0.39, 0.29) is 18.1 Å². The lowest BCUT2D eigenvalue weighted by Gasteiger charge is -2.09. The monoisotopic (exact) mass is 594 g/mol. The number of unbranched alkanes of at least 4 members (excludes halogenated alkanes) is 6. The number of rotatable bonds is 26. The molecule has 232 valence electrons. The van der Waals surface area contributed by atoms with Gasteiger partial charge in [0.2, 0.25) is 0 Å². The summed E-state index contributed by atoms with van der Waals surface area (Å²) in [6.07, 6.45) is 10.5. The lowest BCUT2D eigenvalue weighted by atomic mass is 10.0. The molecule has 0 saturated carbocycles. The molecule has 0 amide bonds. The highest BCUT2D eigenvalue weighted by molar-refractivity contribution is 7.86. The van der Waals surface area contributed by atoms with Crippen LogP contribution >= 0.6 is 0 Å². The van der Waals surface area contributed by atoms with Gasteiger partial charge in [0.05, 0.1) is 64.4 Å². The molecular weight excluding hydrogens is 544 g/mol. The smallest absolute Gasteiger partial charge is 0.297 e. The largest absolute Gasteiger partial charge is 0.491 e. The van der Waals surface area contributed by atoms with Crippen molar-refractivity contribution in [3.63, 3.8) is 0 Å². The first-order chi connectivity index (χ1) is 20.0. The molecule has 2 aromatic carbocycles. The maximum absolute atomic E-state index is 12.1. The normalized spacial score (nSPS) is 11.7. The minimum absolute atomic E-state index is 0.0456. The van der Waals surface area contributed by atoms with Crippen LogP contribution in [0.3, 0.4) is 0 Å². The van der Waals surface area contributed by atoms with Gasteiger partial charge >= 0.3 is 0 Å². The summed E-state index contributed by atoms with van der Waals surface area (Å²) in [6, 6.07) is 14.9. The SMILES string of the molecule is CCCCCCCCCc1ccc(OCCOCCOCCOCCOCCOS(=O)(=O)c2ccc(C)cc2)cc1. The molecule has 0 N–H and O–H groups in total. The Labute approximate surface area is 247 Å². The number of ether oxygens (including phenoxy) is 5. The standard InChI is InChI=1S/C32H50O8S/c1-3-4-5-6-7-8-9-10-30-13-15-31(16-14-30)39-27-25-37-23-21-35-19-20-36-22-24-38-26-28-40-41(33,34)32-17-11-29(2)12-18-32/h11-18H,3-10,19-28H2,1-2H3. The van der Waals surface area contributed by atoms with Crippen molar-refractivity contribution in [2.75, 3.05) is 66.1 Å². The van der Waals surface area contributed by atoms with Crippen LogP contribution in [0.4, 0.5) is 0 Å². The summed E-state index contributed by atoms with van der Waals surface area (Å²) in [6.45, 7) is 7.90. The molecule has 0 fully saturated rings. The van der Waals surface area contributed by atoms with Crippen LogP contribution in [0.15, 0.2) is 53.4 Å². The zero-order valence-corrected chi connectivity index (χ0v) is 25.8. The van der Waals surface area contributed by atoms with Crippen LogP contribution in [0, 0.1) is 6.92 Å². The van der Waals surface area contributed by atoms with Gasteiger partial charge in [0.25, 0.3) is 10.1 Å². The molecule has 0 atom stereocenters. The first-order valence-electron chi connectivity index (χ1n) is 15.0. The molecule has 0 unspecified atom stereocenters. The summed E-state index contributed by atoms with van der Waals surface area (Å²) >= 11 is 0. The fraction of sp³-hybridized carbons (Fsp3) is 0.625. The summed E-state index contributed by atoms with van der Waals surface area (Å²) in [7, 11) is -3.76. The second-order valence-corrected chi connectivity index (χ2v) is 11.5. The first-order valence-corrected chi connectivity index (χ1v) is 16.4. The summed E-state index contributed by atoms with van der Waals surface area (Å²) < 4.78 is 56.7. The van der Waals surface area contributed by atoms with Gasteiger partial charge in [0.15, 0.2) is 0 Å². The molecule has 2 rings (SSSR count). The number of benzene rings is 2. The van der Waals surface area contributed by atoms with E-state index in [0.29, 0.717) is 52.9 Å². The van der Waals surface area contributed by atoms with Crippen LogP contribution in [-0.4, -0.2) is 74.5 Å². The Bertz CT molecular complexity index is 993. The molecule has 2 aromatic rings. The molecule has 0 spiro atoms. The highest BCUT2D eigenvalue weighted by Crippen LogP contribution is 2.16. The minimum Gasteiger partial charge on any atom is -0.491 e. The van der Waals surface area contributed by atoms with E-state index in [1.54, 1.807) is 12.1 Å². The average molecular weight is 595 g/mol. The Balaban J connectivity index is 1.32. The summed E-state index contributed by atoms with van der Waals surface area (Å²) in [4.78, 5) is 0.139. The van der Waals surface area contributed by atoms with Gasteiger partial charge in [-0.05, 0) is 49.6 Å². The molecule has 0 aliphatic rings. The van der Waals surface area contributed by atoms with Gasteiger partial charge in [-0.3, -0.25) is 4.18 Å². The van der Waals surface area contributed by atoms with E-state index in [1.165, 1.54) is 62.6 Å². The van der Waals surface area contributed by atoms with Crippen molar-refractivity contribution in [2.45, 2.75) is 70.1 Å². The van der Waals surface area contributed by atoms with Crippen LogP contribution in [0.25, 0.3) is 0 Å². The van der Waals surface area contributed by atoms with Crippen molar-refractivity contribution in [2.24, 2.45) is 0 Å².